The minimum absolute atomic E-state index is 0.152. The summed E-state index contributed by atoms with van der Waals surface area (Å²) < 4.78 is 5.21. The molecule has 0 radical (unpaired) electrons. The number of phenols is 1. The van der Waals surface area contributed by atoms with E-state index in [1.807, 2.05) is 0 Å². The van der Waals surface area contributed by atoms with Gasteiger partial charge in [0.15, 0.2) is 5.75 Å². The van der Waals surface area contributed by atoms with Crippen molar-refractivity contribution < 1.29 is 19.6 Å². The zero-order valence-electron chi connectivity index (χ0n) is 10.9. The van der Waals surface area contributed by atoms with Crippen molar-refractivity contribution in [1.29, 1.82) is 0 Å². The molecule has 0 heterocycles. The van der Waals surface area contributed by atoms with Crippen LogP contribution in [-0.4, -0.2) is 35.7 Å². The third kappa shape index (κ3) is 4.69. The maximum Gasteiger partial charge on any atom is 0.310 e. The first-order valence-electron chi connectivity index (χ1n) is 6.00. The van der Waals surface area contributed by atoms with Crippen molar-refractivity contribution in [3.05, 3.63) is 46.5 Å². The van der Waals surface area contributed by atoms with E-state index >= 15 is 0 Å². The smallest absolute Gasteiger partial charge is 0.310 e. The van der Waals surface area contributed by atoms with E-state index < -0.39 is 22.3 Å². The molecule has 2 N–H and O–H groups in total. The van der Waals surface area contributed by atoms with Gasteiger partial charge in [-0.3, -0.25) is 14.9 Å². The second kappa shape index (κ2) is 7.90. The van der Waals surface area contributed by atoms with E-state index in [1.54, 1.807) is 6.08 Å². The van der Waals surface area contributed by atoms with Crippen LogP contribution in [0.3, 0.4) is 0 Å². The van der Waals surface area contributed by atoms with E-state index in [1.165, 1.54) is 6.07 Å². The SMILES string of the molecule is C=CCCOCCNC(=O)c1ccc([N+](=O)[O-])c(O)c1. The summed E-state index contributed by atoms with van der Waals surface area (Å²) in [5.74, 6) is -0.965. The Morgan fingerprint density at radius 2 is 2.25 bits per heavy atom. The van der Waals surface area contributed by atoms with Gasteiger partial charge in [0.1, 0.15) is 0 Å². The minimum Gasteiger partial charge on any atom is -0.502 e. The van der Waals surface area contributed by atoms with Crippen LogP contribution in [0.25, 0.3) is 0 Å². The summed E-state index contributed by atoms with van der Waals surface area (Å²) in [6, 6.07) is 3.43. The van der Waals surface area contributed by atoms with E-state index in [0.717, 1.165) is 18.6 Å². The second-order valence-electron chi connectivity index (χ2n) is 3.91. The number of nitrogens with one attached hydrogen (secondary N) is 1. The number of hydrogen-bond acceptors (Lipinski definition) is 5. The molecular weight excluding hydrogens is 264 g/mol. The number of aromatic hydroxyl groups is 1. The summed E-state index contributed by atoms with van der Waals surface area (Å²) in [4.78, 5) is 21.5. The van der Waals surface area contributed by atoms with Gasteiger partial charge in [-0.1, -0.05) is 6.08 Å². The van der Waals surface area contributed by atoms with Gasteiger partial charge in [0, 0.05) is 18.2 Å². The molecule has 0 spiro atoms. The monoisotopic (exact) mass is 280 g/mol. The number of hydrogen-bond donors (Lipinski definition) is 2. The lowest BCUT2D eigenvalue weighted by molar-refractivity contribution is -0.385. The van der Waals surface area contributed by atoms with Crippen LogP contribution in [0.1, 0.15) is 16.8 Å². The summed E-state index contributed by atoms with van der Waals surface area (Å²) in [6.07, 6.45) is 2.47. The zero-order chi connectivity index (χ0) is 15.0. The van der Waals surface area contributed by atoms with E-state index in [0.29, 0.717) is 19.8 Å². The molecule has 108 valence electrons. The van der Waals surface area contributed by atoms with Crippen molar-refractivity contribution >= 4 is 11.6 Å². The van der Waals surface area contributed by atoms with Gasteiger partial charge in [0.2, 0.25) is 0 Å². The molecule has 1 rings (SSSR count). The van der Waals surface area contributed by atoms with Crippen LogP contribution < -0.4 is 5.32 Å². The molecule has 20 heavy (non-hydrogen) atoms. The Labute approximate surface area is 116 Å². The van der Waals surface area contributed by atoms with E-state index in [-0.39, 0.29) is 5.56 Å². The quantitative estimate of drug-likeness (QED) is 0.326. The molecule has 0 aliphatic carbocycles. The number of nitro benzene ring substituents is 1. The van der Waals surface area contributed by atoms with Crippen molar-refractivity contribution in [2.45, 2.75) is 6.42 Å². The number of amides is 1. The summed E-state index contributed by atoms with van der Waals surface area (Å²) in [5.41, 5.74) is -0.284. The molecule has 1 aromatic rings. The largest absolute Gasteiger partial charge is 0.502 e. The highest BCUT2D eigenvalue weighted by atomic mass is 16.6. The van der Waals surface area contributed by atoms with Crippen LogP contribution >= 0.6 is 0 Å². The summed E-state index contributed by atoms with van der Waals surface area (Å²) in [5, 5.41) is 22.5. The molecule has 1 aromatic carbocycles. The molecule has 0 bridgehead atoms. The van der Waals surface area contributed by atoms with Crippen molar-refractivity contribution in [1.82, 2.24) is 5.32 Å². The Balaban J connectivity index is 2.46. The highest BCUT2D eigenvalue weighted by Gasteiger charge is 2.15. The fourth-order valence-electron chi connectivity index (χ4n) is 1.43. The topological polar surface area (TPSA) is 102 Å². The van der Waals surface area contributed by atoms with Crippen LogP contribution in [0.2, 0.25) is 0 Å². The molecule has 7 nitrogen and oxygen atoms in total. The average molecular weight is 280 g/mol. The molecular formula is C13H16N2O5. The van der Waals surface area contributed by atoms with Crippen molar-refractivity contribution in [2.24, 2.45) is 0 Å². The lowest BCUT2D eigenvalue weighted by atomic mass is 10.2. The predicted molar refractivity (Wildman–Crippen MR) is 72.7 cm³/mol. The van der Waals surface area contributed by atoms with Crippen LogP contribution in [-0.2, 0) is 4.74 Å². The molecule has 0 atom stereocenters. The van der Waals surface area contributed by atoms with Gasteiger partial charge < -0.3 is 15.2 Å². The van der Waals surface area contributed by atoms with E-state index in [9.17, 15) is 20.0 Å². The Hall–Kier alpha value is -2.41. The van der Waals surface area contributed by atoms with Crippen LogP contribution in [0.4, 0.5) is 5.69 Å². The first-order valence-corrected chi connectivity index (χ1v) is 6.00. The fourth-order valence-corrected chi connectivity index (χ4v) is 1.43. The average Bonchev–Trinajstić information content (AvgIpc) is 2.41. The Morgan fingerprint density at radius 1 is 1.50 bits per heavy atom. The highest BCUT2D eigenvalue weighted by molar-refractivity contribution is 5.95. The number of rotatable bonds is 8. The van der Waals surface area contributed by atoms with Crippen molar-refractivity contribution in [2.75, 3.05) is 19.8 Å². The number of carbonyl (C=O) groups is 1. The van der Waals surface area contributed by atoms with Crippen LogP contribution in [0.5, 0.6) is 5.75 Å². The van der Waals surface area contributed by atoms with Crippen molar-refractivity contribution in [3.8, 4) is 5.75 Å². The van der Waals surface area contributed by atoms with Gasteiger partial charge in [-0.25, -0.2) is 0 Å². The highest BCUT2D eigenvalue weighted by Crippen LogP contribution is 2.25. The molecule has 0 saturated heterocycles. The lowest BCUT2D eigenvalue weighted by Gasteiger charge is -2.06. The number of benzene rings is 1. The molecule has 0 aliphatic rings. The summed E-state index contributed by atoms with van der Waals surface area (Å²) >= 11 is 0. The van der Waals surface area contributed by atoms with Gasteiger partial charge in [-0.2, -0.15) is 0 Å². The summed E-state index contributed by atoms with van der Waals surface area (Å²) in [7, 11) is 0. The van der Waals surface area contributed by atoms with Crippen LogP contribution in [0, 0.1) is 10.1 Å². The Bertz CT molecular complexity index is 502. The molecule has 0 aromatic heterocycles. The second-order valence-corrected chi connectivity index (χ2v) is 3.91. The Kier molecular flexibility index (Phi) is 6.18. The maximum atomic E-state index is 11.7. The number of carbonyl (C=O) groups excluding carboxylic acids is 1. The summed E-state index contributed by atoms with van der Waals surface area (Å²) in [6.45, 7) is 4.76. The number of nitro groups is 1. The van der Waals surface area contributed by atoms with E-state index in [2.05, 4.69) is 11.9 Å². The van der Waals surface area contributed by atoms with Gasteiger partial charge in [-0.05, 0) is 18.6 Å². The first kappa shape index (κ1) is 15.6. The molecule has 1 amide bonds. The van der Waals surface area contributed by atoms with Gasteiger partial charge in [0.05, 0.1) is 18.1 Å². The molecule has 0 aliphatic heterocycles. The predicted octanol–water partition coefficient (Wildman–Crippen LogP) is 1.62. The molecule has 7 heteroatoms. The number of nitrogens with zero attached hydrogens (tertiary/aromatic N) is 1. The first-order chi connectivity index (χ1) is 9.56. The third-order valence-electron chi connectivity index (χ3n) is 2.43. The Morgan fingerprint density at radius 3 is 2.85 bits per heavy atom. The fraction of sp³-hybridized carbons (Fsp3) is 0.308. The van der Waals surface area contributed by atoms with E-state index in [4.69, 9.17) is 4.74 Å². The zero-order valence-corrected chi connectivity index (χ0v) is 10.9. The third-order valence-corrected chi connectivity index (χ3v) is 2.43. The lowest BCUT2D eigenvalue weighted by Crippen LogP contribution is -2.27. The molecule has 0 saturated carbocycles. The van der Waals surface area contributed by atoms with Crippen molar-refractivity contribution in [3.63, 3.8) is 0 Å². The normalized spacial score (nSPS) is 10.0. The standard InChI is InChI=1S/C13H16N2O5/c1-2-3-7-20-8-6-14-13(17)10-4-5-11(15(18)19)12(16)9-10/h2,4-5,9,16H,1,3,6-8H2,(H,14,17). The van der Waals surface area contributed by atoms with Crippen LogP contribution in [0.15, 0.2) is 30.9 Å². The van der Waals surface area contributed by atoms with Gasteiger partial charge >= 0.3 is 5.69 Å². The van der Waals surface area contributed by atoms with Gasteiger partial charge in [0.25, 0.3) is 5.91 Å². The minimum atomic E-state index is -0.718. The molecule has 0 fully saturated rings. The van der Waals surface area contributed by atoms with Gasteiger partial charge in [-0.15, -0.1) is 6.58 Å². The molecule has 0 unspecified atom stereocenters. The number of ether oxygens (including phenoxy) is 1. The maximum absolute atomic E-state index is 11.7. The number of phenolic OH excluding ortho intramolecular Hbond substituents is 1.